The highest BCUT2D eigenvalue weighted by Crippen LogP contribution is 2.22. The van der Waals surface area contributed by atoms with Crippen molar-refractivity contribution >= 4 is 0 Å². The lowest BCUT2D eigenvalue weighted by Crippen LogP contribution is -2.14. The van der Waals surface area contributed by atoms with Gasteiger partial charge >= 0.3 is 0 Å². The smallest absolute Gasteiger partial charge is 0.120 e. The van der Waals surface area contributed by atoms with E-state index in [9.17, 15) is 5.11 Å². The third-order valence-electron chi connectivity index (χ3n) is 3.81. The number of phenols is 1. The van der Waals surface area contributed by atoms with Crippen molar-refractivity contribution in [1.82, 2.24) is 5.32 Å². The van der Waals surface area contributed by atoms with E-state index in [4.69, 9.17) is 4.74 Å². The van der Waals surface area contributed by atoms with E-state index in [1.807, 2.05) is 6.07 Å². The first kappa shape index (κ1) is 17.8. The zero-order valence-electron chi connectivity index (χ0n) is 13.7. The molecule has 1 aromatic carbocycles. The number of benzene rings is 1. The molecule has 0 fully saturated rings. The molecule has 0 aliphatic heterocycles. The molecule has 3 nitrogen and oxygen atoms in total. The number of ether oxygens (including phenoxy) is 1. The minimum absolute atomic E-state index is 0.333. The molecule has 0 heterocycles. The number of nitrogens with one attached hydrogen (secondary N) is 1. The van der Waals surface area contributed by atoms with Crippen LogP contribution in [0.3, 0.4) is 0 Å². The molecule has 0 radical (unpaired) electrons. The summed E-state index contributed by atoms with van der Waals surface area (Å²) in [5.74, 6) is 1.12. The lowest BCUT2D eigenvalue weighted by atomic mass is 10.1. The second kappa shape index (κ2) is 11.4. The average molecular weight is 293 g/mol. The van der Waals surface area contributed by atoms with Crippen molar-refractivity contribution in [2.45, 2.75) is 64.8 Å². The molecule has 0 aliphatic rings. The van der Waals surface area contributed by atoms with E-state index in [-0.39, 0.29) is 0 Å². The van der Waals surface area contributed by atoms with Gasteiger partial charge in [0, 0.05) is 12.1 Å². The topological polar surface area (TPSA) is 41.5 Å². The second-order valence-electron chi connectivity index (χ2n) is 5.65. The van der Waals surface area contributed by atoms with E-state index in [1.165, 1.54) is 51.4 Å². The molecule has 1 rings (SSSR count). The minimum atomic E-state index is 0.333. The van der Waals surface area contributed by atoms with Crippen molar-refractivity contribution in [1.29, 1.82) is 0 Å². The molecule has 0 spiro atoms. The van der Waals surface area contributed by atoms with Gasteiger partial charge in [-0.25, -0.2) is 0 Å². The molecule has 2 N–H and O–H groups in total. The van der Waals surface area contributed by atoms with E-state index >= 15 is 0 Å². The number of methoxy groups -OCH3 is 1. The number of aromatic hydroxyl groups is 1. The van der Waals surface area contributed by atoms with Crippen LogP contribution in [0.1, 0.15) is 63.9 Å². The van der Waals surface area contributed by atoms with Gasteiger partial charge in [0.15, 0.2) is 0 Å². The molecule has 0 aromatic heterocycles. The molecule has 0 atom stereocenters. The molecule has 0 saturated heterocycles. The van der Waals surface area contributed by atoms with E-state index in [1.54, 1.807) is 19.2 Å². The fourth-order valence-electron chi connectivity index (χ4n) is 2.44. The quantitative estimate of drug-likeness (QED) is 0.552. The van der Waals surface area contributed by atoms with Crippen molar-refractivity contribution in [3.63, 3.8) is 0 Å². The summed E-state index contributed by atoms with van der Waals surface area (Å²) in [5.41, 5.74) is 0.897. The van der Waals surface area contributed by atoms with Crippen LogP contribution in [0, 0.1) is 0 Å². The van der Waals surface area contributed by atoms with E-state index in [0.29, 0.717) is 12.3 Å². The standard InChI is InChI=1S/C18H31NO2/c1-3-4-5-6-7-8-9-10-13-19-15-16-14-17(21-2)11-12-18(16)20/h11-12,14,19-20H,3-10,13,15H2,1-2H3. The third kappa shape index (κ3) is 7.96. The normalized spacial score (nSPS) is 10.8. The Hall–Kier alpha value is -1.22. The van der Waals surface area contributed by atoms with Crippen molar-refractivity contribution in [3.05, 3.63) is 23.8 Å². The molecule has 120 valence electrons. The minimum Gasteiger partial charge on any atom is -0.508 e. The van der Waals surface area contributed by atoms with Crippen molar-refractivity contribution < 1.29 is 9.84 Å². The predicted octanol–water partition coefficient (Wildman–Crippen LogP) is 4.63. The van der Waals surface area contributed by atoms with Gasteiger partial charge in [-0.2, -0.15) is 0 Å². The number of unbranched alkanes of at least 4 members (excludes halogenated alkanes) is 7. The molecule has 21 heavy (non-hydrogen) atoms. The highest BCUT2D eigenvalue weighted by atomic mass is 16.5. The summed E-state index contributed by atoms with van der Waals surface area (Å²) in [6, 6.07) is 5.35. The highest BCUT2D eigenvalue weighted by Gasteiger charge is 2.02. The summed E-state index contributed by atoms with van der Waals surface area (Å²) in [6.45, 7) is 3.96. The summed E-state index contributed by atoms with van der Waals surface area (Å²) >= 11 is 0. The molecule has 3 heteroatoms. The number of phenolic OH excluding ortho intramolecular Hbond substituents is 1. The monoisotopic (exact) mass is 293 g/mol. The molecular weight excluding hydrogens is 262 g/mol. The SMILES string of the molecule is CCCCCCCCCCNCc1cc(OC)ccc1O. The maximum absolute atomic E-state index is 9.78. The van der Waals surface area contributed by atoms with E-state index in [0.717, 1.165) is 17.9 Å². The lowest BCUT2D eigenvalue weighted by Gasteiger charge is -2.08. The molecule has 0 bridgehead atoms. The van der Waals surface area contributed by atoms with Crippen LogP contribution in [0.2, 0.25) is 0 Å². The van der Waals surface area contributed by atoms with Crippen LogP contribution in [0.5, 0.6) is 11.5 Å². The number of hydrogen-bond donors (Lipinski definition) is 2. The summed E-state index contributed by atoms with van der Waals surface area (Å²) in [4.78, 5) is 0. The van der Waals surface area contributed by atoms with Crippen LogP contribution in [0.15, 0.2) is 18.2 Å². The number of hydrogen-bond acceptors (Lipinski definition) is 3. The summed E-state index contributed by atoms with van der Waals surface area (Å²) in [5, 5.41) is 13.2. The second-order valence-corrected chi connectivity index (χ2v) is 5.65. The van der Waals surface area contributed by atoms with Gasteiger partial charge < -0.3 is 15.2 Å². The number of rotatable bonds is 12. The van der Waals surface area contributed by atoms with E-state index < -0.39 is 0 Å². The fourth-order valence-corrected chi connectivity index (χ4v) is 2.44. The maximum atomic E-state index is 9.78. The molecule has 0 aliphatic carbocycles. The zero-order chi connectivity index (χ0) is 15.3. The zero-order valence-corrected chi connectivity index (χ0v) is 13.7. The van der Waals surface area contributed by atoms with Crippen molar-refractivity contribution in [3.8, 4) is 11.5 Å². The molecule has 1 aromatic rings. The Kier molecular flexibility index (Phi) is 9.71. The molecule has 0 saturated carbocycles. The fraction of sp³-hybridized carbons (Fsp3) is 0.667. The first-order valence-corrected chi connectivity index (χ1v) is 8.34. The Morgan fingerprint density at radius 2 is 1.67 bits per heavy atom. The van der Waals surface area contributed by atoms with Gasteiger partial charge in [-0.05, 0) is 31.2 Å². The van der Waals surface area contributed by atoms with Crippen molar-refractivity contribution in [2.75, 3.05) is 13.7 Å². The lowest BCUT2D eigenvalue weighted by molar-refractivity contribution is 0.410. The van der Waals surface area contributed by atoms with Crippen LogP contribution in [0.25, 0.3) is 0 Å². The van der Waals surface area contributed by atoms with Gasteiger partial charge in [-0.15, -0.1) is 0 Å². The average Bonchev–Trinajstić information content (AvgIpc) is 2.51. The first-order valence-electron chi connectivity index (χ1n) is 8.34. The Morgan fingerprint density at radius 1 is 1.00 bits per heavy atom. The van der Waals surface area contributed by atoms with Gasteiger partial charge in [0.2, 0.25) is 0 Å². The predicted molar refractivity (Wildman–Crippen MR) is 89.0 cm³/mol. The summed E-state index contributed by atoms with van der Waals surface area (Å²) in [7, 11) is 1.64. The Morgan fingerprint density at radius 3 is 2.33 bits per heavy atom. The first-order chi connectivity index (χ1) is 10.3. The van der Waals surface area contributed by atoms with E-state index in [2.05, 4.69) is 12.2 Å². The molecular formula is C18H31NO2. The Bertz CT molecular complexity index is 379. The highest BCUT2D eigenvalue weighted by molar-refractivity contribution is 5.39. The van der Waals surface area contributed by atoms with Crippen LogP contribution in [-0.4, -0.2) is 18.8 Å². The Balaban J connectivity index is 2.04. The van der Waals surface area contributed by atoms with Gasteiger partial charge in [0.05, 0.1) is 7.11 Å². The van der Waals surface area contributed by atoms with Gasteiger partial charge in [-0.3, -0.25) is 0 Å². The van der Waals surface area contributed by atoms with Crippen molar-refractivity contribution in [2.24, 2.45) is 0 Å². The third-order valence-corrected chi connectivity index (χ3v) is 3.81. The maximum Gasteiger partial charge on any atom is 0.120 e. The van der Waals surface area contributed by atoms with Gasteiger partial charge in [-0.1, -0.05) is 51.9 Å². The largest absolute Gasteiger partial charge is 0.508 e. The summed E-state index contributed by atoms with van der Waals surface area (Å²) < 4.78 is 5.17. The van der Waals surface area contributed by atoms with Gasteiger partial charge in [0.1, 0.15) is 11.5 Å². The Labute approximate surface area is 129 Å². The molecule has 0 amide bonds. The van der Waals surface area contributed by atoms with Gasteiger partial charge in [0.25, 0.3) is 0 Å². The van der Waals surface area contributed by atoms with Crippen LogP contribution in [-0.2, 0) is 6.54 Å². The van der Waals surface area contributed by atoms with Crippen LogP contribution < -0.4 is 10.1 Å². The summed E-state index contributed by atoms with van der Waals surface area (Å²) in [6.07, 6.45) is 10.7. The molecule has 0 unspecified atom stereocenters. The van der Waals surface area contributed by atoms with Crippen LogP contribution in [0.4, 0.5) is 0 Å². The van der Waals surface area contributed by atoms with Crippen LogP contribution >= 0.6 is 0 Å².